The van der Waals surface area contributed by atoms with Gasteiger partial charge < -0.3 is 9.47 Å². The lowest BCUT2D eigenvalue weighted by Gasteiger charge is -2.28. The van der Waals surface area contributed by atoms with Crippen LogP contribution in [0.25, 0.3) is 0 Å². The van der Waals surface area contributed by atoms with E-state index in [1.54, 1.807) is 0 Å². The van der Waals surface area contributed by atoms with Crippen LogP contribution in [0.5, 0.6) is 0 Å². The molecule has 0 spiro atoms. The largest absolute Gasteiger partial charge is 0.473 e. The Kier molecular flexibility index (Phi) is 4.30. The van der Waals surface area contributed by atoms with Crippen molar-refractivity contribution < 1.29 is 14.3 Å². The van der Waals surface area contributed by atoms with Gasteiger partial charge in [0.1, 0.15) is 11.7 Å². The standard InChI is InChI=1S/C13H21NO3S2/c1-13(2,3)17-11(15)14-8-5-6-9(14)10(7-8)16-12(18)19-4/h8-10H,5-7H2,1-4H3/t8-,9+,10?/m1/s1. The Morgan fingerprint density at radius 1 is 1.37 bits per heavy atom. The van der Waals surface area contributed by atoms with Crippen LogP contribution < -0.4 is 0 Å². The minimum atomic E-state index is -0.454. The fourth-order valence-electron chi connectivity index (χ4n) is 2.83. The lowest BCUT2D eigenvalue weighted by molar-refractivity contribution is 0.0180. The number of fused-ring (bicyclic) bond motifs is 2. The van der Waals surface area contributed by atoms with Crippen molar-refractivity contribution in [2.75, 3.05) is 6.26 Å². The minimum absolute atomic E-state index is 0.0335. The van der Waals surface area contributed by atoms with Crippen molar-refractivity contribution in [2.24, 2.45) is 0 Å². The van der Waals surface area contributed by atoms with E-state index in [0.29, 0.717) is 4.38 Å². The number of nitrogens with zero attached hydrogens (tertiary/aromatic N) is 1. The van der Waals surface area contributed by atoms with Gasteiger partial charge >= 0.3 is 6.09 Å². The molecule has 2 aliphatic rings. The number of rotatable bonds is 1. The van der Waals surface area contributed by atoms with Crippen LogP contribution in [0.4, 0.5) is 4.79 Å². The first-order chi connectivity index (χ1) is 8.81. The van der Waals surface area contributed by atoms with E-state index in [0.717, 1.165) is 19.3 Å². The fraction of sp³-hybridized carbons (Fsp3) is 0.846. The summed E-state index contributed by atoms with van der Waals surface area (Å²) >= 11 is 6.54. The van der Waals surface area contributed by atoms with Gasteiger partial charge in [-0.2, -0.15) is 0 Å². The number of carbonyl (C=O) groups is 1. The quantitative estimate of drug-likeness (QED) is 0.696. The van der Waals surface area contributed by atoms with E-state index < -0.39 is 5.60 Å². The highest BCUT2D eigenvalue weighted by molar-refractivity contribution is 8.22. The van der Waals surface area contributed by atoms with Crippen LogP contribution in [0, 0.1) is 0 Å². The summed E-state index contributed by atoms with van der Waals surface area (Å²) in [5.41, 5.74) is -0.454. The molecule has 0 radical (unpaired) electrons. The first kappa shape index (κ1) is 14.9. The Hall–Kier alpha value is -0.490. The Balaban J connectivity index is 2.00. The molecule has 19 heavy (non-hydrogen) atoms. The second kappa shape index (κ2) is 5.48. The van der Waals surface area contributed by atoms with E-state index in [2.05, 4.69) is 0 Å². The molecular formula is C13H21NO3S2. The highest BCUT2D eigenvalue weighted by atomic mass is 32.2. The molecule has 2 saturated heterocycles. The Bertz CT molecular complexity index is 381. The van der Waals surface area contributed by atoms with Gasteiger partial charge in [0, 0.05) is 12.5 Å². The van der Waals surface area contributed by atoms with Gasteiger partial charge in [0.2, 0.25) is 4.38 Å². The van der Waals surface area contributed by atoms with Gasteiger partial charge in [0.15, 0.2) is 0 Å². The third-order valence-electron chi connectivity index (χ3n) is 3.50. The van der Waals surface area contributed by atoms with E-state index >= 15 is 0 Å². The molecule has 6 heteroatoms. The van der Waals surface area contributed by atoms with Crippen molar-refractivity contribution in [3.63, 3.8) is 0 Å². The molecule has 3 atom stereocenters. The maximum atomic E-state index is 12.2. The fourth-order valence-corrected chi connectivity index (χ4v) is 3.17. The van der Waals surface area contributed by atoms with Crippen LogP contribution in [-0.2, 0) is 9.47 Å². The monoisotopic (exact) mass is 303 g/mol. The SMILES string of the molecule is CSC(=S)OC1C[C@H]2CC[C@@H]1N2C(=O)OC(C)(C)C. The number of thiocarbonyl (C=S) groups is 1. The van der Waals surface area contributed by atoms with Crippen molar-refractivity contribution in [3.8, 4) is 0 Å². The van der Waals surface area contributed by atoms with Crippen LogP contribution in [-0.4, -0.2) is 45.4 Å². The molecular weight excluding hydrogens is 282 g/mol. The highest BCUT2D eigenvalue weighted by Gasteiger charge is 2.51. The number of thioether (sulfide) groups is 1. The lowest BCUT2D eigenvalue weighted by atomic mass is 9.98. The maximum Gasteiger partial charge on any atom is 0.410 e. The maximum absolute atomic E-state index is 12.2. The van der Waals surface area contributed by atoms with Gasteiger partial charge in [-0.05, 0) is 52.1 Å². The van der Waals surface area contributed by atoms with Crippen molar-refractivity contribution in [1.82, 2.24) is 4.90 Å². The Labute approximate surface area is 124 Å². The predicted molar refractivity (Wildman–Crippen MR) is 80.5 cm³/mol. The van der Waals surface area contributed by atoms with Crippen LogP contribution in [0.3, 0.4) is 0 Å². The molecule has 0 aromatic rings. The Morgan fingerprint density at radius 2 is 2.05 bits per heavy atom. The summed E-state index contributed by atoms with van der Waals surface area (Å²) in [6, 6.07) is 0.361. The van der Waals surface area contributed by atoms with Gasteiger partial charge in [-0.1, -0.05) is 11.8 Å². The van der Waals surface area contributed by atoms with Crippen molar-refractivity contribution in [3.05, 3.63) is 0 Å². The van der Waals surface area contributed by atoms with E-state index in [9.17, 15) is 4.79 Å². The van der Waals surface area contributed by atoms with Crippen LogP contribution >= 0.6 is 24.0 Å². The molecule has 2 fully saturated rings. The normalized spacial score (nSPS) is 29.5. The van der Waals surface area contributed by atoms with E-state index in [4.69, 9.17) is 21.7 Å². The molecule has 2 bridgehead atoms. The molecule has 0 aromatic heterocycles. The zero-order valence-electron chi connectivity index (χ0n) is 11.8. The first-order valence-corrected chi connectivity index (χ1v) is 8.21. The zero-order chi connectivity index (χ0) is 14.2. The smallest absolute Gasteiger partial charge is 0.410 e. The lowest BCUT2D eigenvalue weighted by Crippen LogP contribution is -2.41. The van der Waals surface area contributed by atoms with Crippen LogP contribution in [0.15, 0.2) is 0 Å². The average molecular weight is 303 g/mol. The molecule has 2 rings (SSSR count). The van der Waals surface area contributed by atoms with Crippen LogP contribution in [0.1, 0.15) is 40.0 Å². The molecule has 0 N–H and O–H groups in total. The third kappa shape index (κ3) is 3.34. The first-order valence-electron chi connectivity index (χ1n) is 6.58. The molecule has 1 unspecified atom stereocenters. The zero-order valence-corrected chi connectivity index (χ0v) is 13.5. The van der Waals surface area contributed by atoms with E-state index in [1.165, 1.54) is 11.8 Å². The van der Waals surface area contributed by atoms with Crippen molar-refractivity contribution in [2.45, 2.75) is 63.8 Å². The van der Waals surface area contributed by atoms with Gasteiger partial charge in [-0.15, -0.1) is 0 Å². The van der Waals surface area contributed by atoms with Crippen molar-refractivity contribution in [1.29, 1.82) is 0 Å². The predicted octanol–water partition coefficient (Wildman–Crippen LogP) is 3.19. The molecule has 2 heterocycles. The average Bonchev–Trinajstić information content (AvgIpc) is 2.83. The number of carbonyl (C=O) groups excluding carboxylic acids is 1. The van der Waals surface area contributed by atoms with Crippen molar-refractivity contribution >= 4 is 34.5 Å². The topological polar surface area (TPSA) is 38.8 Å². The summed E-state index contributed by atoms with van der Waals surface area (Å²) < 4.78 is 11.8. The van der Waals surface area contributed by atoms with Gasteiger partial charge in [-0.3, -0.25) is 4.90 Å². The molecule has 2 aliphatic heterocycles. The molecule has 0 aromatic carbocycles. The third-order valence-corrected chi connectivity index (χ3v) is 4.52. The number of hydrogen-bond acceptors (Lipinski definition) is 5. The summed E-state index contributed by atoms with van der Waals surface area (Å²) in [5.74, 6) is 0. The number of amides is 1. The second-order valence-corrected chi connectivity index (χ2v) is 7.44. The highest BCUT2D eigenvalue weighted by Crippen LogP contribution is 2.40. The van der Waals surface area contributed by atoms with Gasteiger partial charge in [0.25, 0.3) is 0 Å². The summed E-state index contributed by atoms with van der Waals surface area (Å²) in [6.45, 7) is 5.67. The molecule has 0 saturated carbocycles. The second-order valence-electron chi connectivity index (χ2n) is 6.03. The van der Waals surface area contributed by atoms with E-state index in [1.807, 2.05) is 31.9 Å². The Morgan fingerprint density at radius 3 is 2.63 bits per heavy atom. The molecule has 0 aliphatic carbocycles. The summed E-state index contributed by atoms with van der Waals surface area (Å²) in [7, 11) is 0. The van der Waals surface area contributed by atoms with Gasteiger partial charge in [-0.25, -0.2) is 4.79 Å². The van der Waals surface area contributed by atoms with Crippen LogP contribution in [0.2, 0.25) is 0 Å². The minimum Gasteiger partial charge on any atom is -0.473 e. The molecule has 4 nitrogen and oxygen atoms in total. The summed E-state index contributed by atoms with van der Waals surface area (Å²) in [4.78, 5) is 14.1. The summed E-state index contributed by atoms with van der Waals surface area (Å²) in [6.07, 6.45) is 4.60. The number of hydrogen-bond donors (Lipinski definition) is 0. The number of ether oxygens (including phenoxy) is 2. The molecule has 1 amide bonds. The molecule has 108 valence electrons. The summed E-state index contributed by atoms with van der Waals surface area (Å²) in [5, 5.41) is 0. The van der Waals surface area contributed by atoms with E-state index in [-0.39, 0.29) is 24.3 Å². The van der Waals surface area contributed by atoms with Gasteiger partial charge in [0.05, 0.1) is 6.04 Å².